The Kier molecular flexibility index (Phi) is 5.95. The van der Waals surface area contributed by atoms with Crippen LogP contribution in [0.25, 0.3) is 0 Å². The van der Waals surface area contributed by atoms with Crippen molar-refractivity contribution in [2.45, 2.75) is 26.7 Å². The fourth-order valence-corrected chi connectivity index (χ4v) is 2.80. The van der Waals surface area contributed by atoms with E-state index in [4.69, 9.17) is 4.74 Å². The topological polar surface area (TPSA) is 58.6 Å². The number of likely N-dealkylation sites (tertiary alicyclic amines) is 1. The second kappa shape index (κ2) is 7.94. The van der Waals surface area contributed by atoms with Crippen LogP contribution in [0.1, 0.15) is 37.0 Å². The third kappa shape index (κ3) is 4.56. The molecule has 1 amide bonds. The third-order valence-corrected chi connectivity index (χ3v) is 3.80. The Morgan fingerprint density at radius 1 is 1.36 bits per heavy atom. The van der Waals surface area contributed by atoms with Crippen molar-refractivity contribution in [3.63, 3.8) is 0 Å². The van der Waals surface area contributed by atoms with E-state index >= 15 is 0 Å². The van der Waals surface area contributed by atoms with Crippen LogP contribution in [0.4, 0.5) is 5.69 Å². The number of esters is 1. The largest absolute Gasteiger partial charge is 0.462 e. The Bertz CT molecular complexity index is 530. The van der Waals surface area contributed by atoms with E-state index < -0.39 is 5.97 Å². The van der Waals surface area contributed by atoms with Crippen LogP contribution in [0, 0.1) is 5.92 Å². The molecule has 1 heterocycles. The van der Waals surface area contributed by atoms with Gasteiger partial charge >= 0.3 is 5.97 Å². The van der Waals surface area contributed by atoms with Crippen molar-refractivity contribution in [3.8, 4) is 0 Å². The summed E-state index contributed by atoms with van der Waals surface area (Å²) in [6.45, 7) is 6.55. The van der Waals surface area contributed by atoms with Crippen LogP contribution in [-0.4, -0.2) is 43.0 Å². The lowest BCUT2D eigenvalue weighted by atomic mass is 10.0. The number of piperidine rings is 1. The predicted octanol–water partition coefficient (Wildman–Crippen LogP) is 2.53. The Morgan fingerprint density at radius 3 is 2.86 bits per heavy atom. The zero-order chi connectivity index (χ0) is 15.9. The summed E-state index contributed by atoms with van der Waals surface area (Å²) in [6.07, 6.45) is 2.36. The van der Waals surface area contributed by atoms with Crippen LogP contribution < -0.4 is 5.32 Å². The molecule has 5 nitrogen and oxygen atoms in total. The Hall–Kier alpha value is -1.88. The maximum atomic E-state index is 12.2. The lowest BCUT2D eigenvalue weighted by molar-refractivity contribution is -0.117. The standard InChI is InChI=1S/C17H24N2O3/c1-3-22-17(21)14-8-4-5-9-15(14)18-16(20)12-19-10-6-7-13(2)11-19/h4-5,8-9,13H,3,6-7,10-12H2,1-2H3,(H,18,20)/t13-/m0/s1. The van der Waals surface area contributed by atoms with Gasteiger partial charge in [0.2, 0.25) is 5.91 Å². The molecular formula is C17H24N2O3. The zero-order valence-electron chi connectivity index (χ0n) is 13.3. The molecule has 1 fully saturated rings. The molecule has 22 heavy (non-hydrogen) atoms. The first-order valence-electron chi connectivity index (χ1n) is 7.88. The number of carbonyl (C=O) groups excluding carboxylic acids is 2. The van der Waals surface area contributed by atoms with E-state index in [-0.39, 0.29) is 5.91 Å². The van der Waals surface area contributed by atoms with E-state index in [0.717, 1.165) is 19.5 Å². The molecule has 1 N–H and O–H groups in total. The summed E-state index contributed by atoms with van der Waals surface area (Å²) in [4.78, 5) is 26.3. The maximum absolute atomic E-state index is 12.2. The molecule has 0 radical (unpaired) electrons. The Labute approximate surface area is 131 Å². The van der Waals surface area contributed by atoms with E-state index in [1.54, 1.807) is 31.2 Å². The van der Waals surface area contributed by atoms with Gasteiger partial charge < -0.3 is 10.1 Å². The second-order valence-electron chi connectivity index (χ2n) is 5.80. The van der Waals surface area contributed by atoms with Crippen molar-refractivity contribution in [3.05, 3.63) is 29.8 Å². The quantitative estimate of drug-likeness (QED) is 0.849. The summed E-state index contributed by atoms with van der Waals surface area (Å²) in [6, 6.07) is 6.94. The number of nitrogens with one attached hydrogen (secondary N) is 1. The molecule has 0 aromatic heterocycles. The molecule has 0 saturated carbocycles. The first-order valence-corrected chi connectivity index (χ1v) is 7.88. The van der Waals surface area contributed by atoms with E-state index in [1.165, 1.54) is 6.42 Å². The molecule has 2 rings (SSSR count). The van der Waals surface area contributed by atoms with Crippen molar-refractivity contribution >= 4 is 17.6 Å². The number of carbonyl (C=O) groups is 2. The van der Waals surface area contributed by atoms with Gasteiger partial charge in [-0.3, -0.25) is 9.69 Å². The molecule has 0 bridgehead atoms. The predicted molar refractivity (Wildman–Crippen MR) is 85.9 cm³/mol. The number of hydrogen-bond donors (Lipinski definition) is 1. The summed E-state index contributed by atoms with van der Waals surface area (Å²) in [5.74, 6) is 0.129. The molecule has 5 heteroatoms. The zero-order valence-corrected chi connectivity index (χ0v) is 13.3. The normalized spacial score (nSPS) is 18.7. The highest BCUT2D eigenvalue weighted by Crippen LogP contribution is 2.18. The van der Waals surface area contributed by atoms with E-state index in [0.29, 0.717) is 30.3 Å². The molecule has 1 aromatic rings. The van der Waals surface area contributed by atoms with Crippen molar-refractivity contribution in [2.75, 3.05) is 31.6 Å². The summed E-state index contributed by atoms with van der Waals surface area (Å²) in [5, 5.41) is 2.83. The van der Waals surface area contributed by atoms with Crippen LogP contribution in [0.3, 0.4) is 0 Å². The van der Waals surface area contributed by atoms with Crippen LogP contribution >= 0.6 is 0 Å². The Morgan fingerprint density at radius 2 is 2.14 bits per heavy atom. The first kappa shape index (κ1) is 16.5. The summed E-state index contributed by atoms with van der Waals surface area (Å²) >= 11 is 0. The van der Waals surface area contributed by atoms with E-state index in [2.05, 4.69) is 17.1 Å². The van der Waals surface area contributed by atoms with Gasteiger partial charge in [-0.1, -0.05) is 19.1 Å². The van der Waals surface area contributed by atoms with E-state index in [9.17, 15) is 9.59 Å². The maximum Gasteiger partial charge on any atom is 0.340 e. The van der Waals surface area contributed by atoms with Crippen LogP contribution in [-0.2, 0) is 9.53 Å². The lowest BCUT2D eigenvalue weighted by Gasteiger charge is -2.30. The minimum atomic E-state index is -0.412. The number of amides is 1. The minimum Gasteiger partial charge on any atom is -0.462 e. The fraction of sp³-hybridized carbons (Fsp3) is 0.529. The van der Waals surface area contributed by atoms with Crippen molar-refractivity contribution in [1.29, 1.82) is 0 Å². The van der Waals surface area contributed by atoms with Crippen LogP contribution in [0.2, 0.25) is 0 Å². The monoisotopic (exact) mass is 304 g/mol. The fourth-order valence-electron chi connectivity index (χ4n) is 2.80. The van der Waals surface area contributed by atoms with Crippen molar-refractivity contribution in [1.82, 2.24) is 4.90 Å². The molecule has 1 aliphatic heterocycles. The number of para-hydroxylation sites is 1. The van der Waals surface area contributed by atoms with Gasteiger partial charge in [-0.15, -0.1) is 0 Å². The van der Waals surface area contributed by atoms with Gasteiger partial charge in [0.15, 0.2) is 0 Å². The highest BCUT2D eigenvalue weighted by Gasteiger charge is 2.20. The van der Waals surface area contributed by atoms with Gasteiger partial charge in [-0.05, 0) is 44.4 Å². The molecule has 0 unspecified atom stereocenters. The second-order valence-corrected chi connectivity index (χ2v) is 5.80. The van der Waals surface area contributed by atoms with Crippen LogP contribution in [0.15, 0.2) is 24.3 Å². The van der Waals surface area contributed by atoms with E-state index in [1.807, 2.05) is 0 Å². The average molecular weight is 304 g/mol. The lowest BCUT2D eigenvalue weighted by Crippen LogP contribution is -2.39. The minimum absolute atomic E-state index is 0.0918. The molecule has 1 saturated heterocycles. The number of anilines is 1. The summed E-state index contributed by atoms with van der Waals surface area (Å²) in [7, 11) is 0. The van der Waals surface area contributed by atoms with Gasteiger partial charge in [0.25, 0.3) is 0 Å². The summed E-state index contributed by atoms with van der Waals surface area (Å²) in [5.41, 5.74) is 0.903. The molecule has 0 spiro atoms. The first-order chi connectivity index (χ1) is 10.6. The molecule has 1 aliphatic rings. The number of benzene rings is 1. The highest BCUT2D eigenvalue weighted by atomic mass is 16.5. The smallest absolute Gasteiger partial charge is 0.340 e. The number of nitrogens with zero attached hydrogens (tertiary/aromatic N) is 1. The number of rotatable bonds is 5. The van der Waals surface area contributed by atoms with Gasteiger partial charge in [0.05, 0.1) is 24.4 Å². The highest BCUT2D eigenvalue weighted by molar-refractivity contribution is 6.01. The SMILES string of the molecule is CCOC(=O)c1ccccc1NC(=O)CN1CCC[C@H](C)C1. The van der Waals surface area contributed by atoms with Crippen molar-refractivity contribution < 1.29 is 14.3 Å². The number of ether oxygens (including phenoxy) is 1. The third-order valence-electron chi connectivity index (χ3n) is 3.80. The van der Waals surface area contributed by atoms with Gasteiger partial charge in [0.1, 0.15) is 0 Å². The number of hydrogen-bond acceptors (Lipinski definition) is 4. The van der Waals surface area contributed by atoms with Gasteiger partial charge in [-0.25, -0.2) is 4.79 Å². The molecule has 1 atom stereocenters. The molecule has 0 aliphatic carbocycles. The molecular weight excluding hydrogens is 280 g/mol. The molecule has 120 valence electrons. The van der Waals surface area contributed by atoms with Crippen molar-refractivity contribution in [2.24, 2.45) is 5.92 Å². The van der Waals surface area contributed by atoms with Gasteiger partial charge in [-0.2, -0.15) is 0 Å². The average Bonchev–Trinajstić information content (AvgIpc) is 2.48. The Balaban J connectivity index is 1.98. The van der Waals surface area contributed by atoms with Crippen LogP contribution in [0.5, 0.6) is 0 Å². The van der Waals surface area contributed by atoms with Gasteiger partial charge in [0, 0.05) is 6.54 Å². The molecule has 1 aromatic carbocycles. The summed E-state index contributed by atoms with van der Waals surface area (Å²) < 4.78 is 5.01.